The molecule has 0 aromatic carbocycles. The van der Waals surface area contributed by atoms with Gasteiger partial charge in [0.2, 0.25) is 0 Å². The van der Waals surface area contributed by atoms with Gasteiger partial charge in [-0.1, -0.05) is 6.92 Å². The number of hydrogen-bond donors (Lipinski definition) is 0. The Hall–Kier alpha value is -1.73. The lowest BCUT2D eigenvalue weighted by Crippen LogP contribution is -2.54. The third-order valence-corrected chi connectivity index (χ3v) is 3.79. The monoisotopic (exact) mass is 305 g/mol. The van der Waals surface area contributed by atoms with Gasteiger partial charge in [0.25, 0.3) is 0 Å². The van der Waals surface area contributed by atoms with E-state index in [0.29, 0.717) is 6.61 Å². The van der Waals surface area contributed by atoms with Crippen LogP contribution < -0.4 is 4.90 Å². The fourth-order valence-electron chi connectivity index (χ4n) is 2.96. The summed E-state index contributed by atoms with van der Waals surface area (Å²) in [5.41, 5.74) is 0.542. The largest absolute Gasteiger partial charge is 0.382 e. The predicted octanol–water partition coefficient (Wildman–Crippen LogP) is 1.32. The van der Waals surface area contributed by atoms with Crippen LogP contribution in [0.5, 0.6) is 0 Å². The van der Waals surface area contributed by atoms with Crippen molar-refractivity contribution in [2.24, 2.45) is 0 Å². The van der Waals surface area contributed by atoms with Crippen LogP contribution in [0.25, 0.3) is 5.65 Å². The van der Waals surface area contributed by atoms with Gasteiger partial charge in [-0.05, 0) is 26.0 Å². The van der Waals surface area contributed by atoms with Crippen LogP contribution in [-0.2, 0) is 15.9 Å². The maximum Gasteiger partial charge on any atom is 0.178 e. The molecule has 0 spiro atoms. The van der Waals surface area contributed by atoms with Crippen LogP contribution in [-0.4, -0.2) is 58.3 Å². The number of morpholine rings is 1. The fourth-order valence-corrected chi connectivity index (χ4v) is 2.96. The number of methoxy groups -OCH3 is 1. The van der Waals surface area contributed by atoms with Crippen LogP contribution in [0, 0.1) is 0 Å². The highest BCUT2D eigenvalue weighted by molar-refractivity contribution is 5.46. The minimum Gasteiger partial charge on any atom is -0.382 e. The normalized spacial score (nSPS) is 21.5. The quantitative estimate of drug-likeness (QED) is 0.849. The first-order valence-corrected chi connectivity index (χ1v) is 7.65. The number of ether oxygens (including phenoxy) is 2. The van der Waals surface area contributed by atoms with Gasteiger partial charge in [0, 0.05) is 26.6 Å². The Morgan fingerprint density at radius 1 is 1.36 bits per heavy atom. The van der Waals surface area contributed by atoms with Gasteiger partial charge in [-0.25, -0.2) is 0 Å². The van der Waals surface area contributed by atoms with E-state index in [9.17, 15) is 0 Å². The van der Waals surface area contributed by atoms with Gasteiger partial charge in [0.05, 0.1) is 18.3 Å². The summed E-state index contributed by atoms with van der Waals surface area (Å²) in [7, 11) is 1.70. The number of hydrogen-bond acceptors (Lipinski definition) is 6. The summed E-state index contributed by atoms with van der Waals surface area (Å²) in [6.45, 7) is 8.37. The van der Waals surface area contributed by atoms with Gasteiger partial charge in [-0.3, -0.25) is 0 Å². The van der Waals surface area contributed by atoms with E-state index in [4.69, 9.17) is 14.6 Å². The molecule has 1 atom stereocenters. The Balaban J connectivity index is 1.91. The van der Waals surface area contributed by atoms with E-state index in [0.717, 1.165) is 36.8 Å². The van der Waals surface area contributed by atoms with Gasteiger partial charge in [0.1, 0.15) is 5.82 Å². The molecular weight excluding hydrogens is 282 g/mol. The van der Waals surface area contributed by atoms with Gasteiger partial charge in [-0.2, -0.15) is 4.52 Å². The second kappa shape index (κ2) is 5.81. The van der Waals surface area contributed by atoms with Crippen molar-refractivity contribution in [3.8, 4) is 0 Å². The Bertz CT molecular complexity index is 654. The maximum absolute atomic E-state index is 6.06. The van der Waals surface area contributed by atoms with Crippen LogP contribution in [0.1, 0.15) is 26.6 Å². The summed E-state index contributed by atoms with van der Waals surface area (Å²) in [6.07, 6.45) is 0.844. The fraction of sp³-hybridized carbons (Fsp3) is 0.667. The predicted molar refractivity (Wildman–Crippen MR) is 83.2 cm³/mol. The van der Waals surface area contributed by atoms with Gasteiger partial charge in [-0.15, -0.1) is 15.3 Å². The molecule has 2 aromatic heterocycles. The highest BCUT2D eigenvalue weighted by Gasteiger charge is 2.34. The van der Waals surface area contributed by atoms with Gasteiger partial charge >= 0.3 is 0 Å². The molecule has 1 aliphatic heterocycles. The number of nitrogens with zero attached hydrogens (tertiary/aromatic N) is 5. The second-order valence-electron chi connectivity index (χ2n) is 6.27. The average Bonchev–Trinajstić information content (AvgIpc) is 2.88. The summed E-state index contributed by atoms with van der Waals surface area (Å²) < 4.78 is 13.1. The first-order chi connectivity index (χ1) is 10.5. The molecule has 0 saturated carbocycles. The molecular formula is C15H23N5O2. The van der Waals surface area contributed by atoms with Crippen molar-refractivity contribution in [1.29, 1.82) is 0 Å². The molecule has 1 saturated heterocycles. The van der Waals surface area contributed by atoms with E-state index in [1.54, 1.807) is 7.11 Å². The van der Waals surface area contributed by atoms with Crippen molar-refractivity contribution >= 4 is 11.5 Å². The lowest BCUT2D eigenvalue weighted by atomic mass is 10.1. The smallest absolute Gasteiger partial charge is 0.178 e. The SMILES string of the molecule is CCc1nnc2ccc(N3C[C@@H](COC)OC(C)(C)C3)nn12. The van der Waals surface area contributed by atoms with E-state index in [-0.39, 0.29) is 11.7 Å². The van der Waals surface area contributed by atoms with Crippen molar-refractivity contribution < 1.29 is 9.47 Å². The Morgan fingerprint density at radius 3 is 2.91 bits per heavy atom. The Morgan fingerprint density at radius 2 is 2.18 bits per heavy atom. The Labute approximate surface area is 130 Å². The molecule has 3 heterocycles. The zero-order chi connectivity index (χ0) is 15.7. The molecule has 2 aromatic rings. The zero-order valence-corrected chi connectivity index (χ0v) is 13.6. The molecule has 22 heavy (non-hydrogen) atoms. The zero-order valence-electron chi connectivity index (χ0n) is 13.6. The molecule has 0 aliphatic carbocycles. The lowest BCUT2D eigenvalue weighted by molar-refractivity contribution is -0.106. The molecule has 7 nitrogen and oxygen atoms in total. The van der Waals surface area contributed by atoms with Crippen LogP contribution >= 0.6 is 0 Å². The molecule has 3 rings (SSSR count). The van der Waals surface area contributed by atoms with Crippen LogP contribution in [0.2, 0.25) is 0 Å². The molecule has 120 valence electrons. The first-order valence-electron chi connectivity index (χ1n) is 7.65. The maximum atomic E-state index is 6.06. The molecule has 1 fully saturated rings. The van der Waals surface area contributed by atoms with Crippen LogP contribution in [0.15, 0.2) is 12.1 Å². The molecule has 0 amide bonds. The molecule has 1 aliphatic rings. The van der Waals surface area contributed by atoms with Gasteiger partial charge in [0.15, 0.2) is 11.5 Å². The van der Waals surface area contributed by atoms with Crippen molar-refractivity contribution in [2.45, 2.75) is 38.9 Å². The third kappa shape index (κ3) is 2.91. The van der Waals surface area contributed by atoms with Crippen molar-refractivity contribution in [2.75, 3.05) is 31.7 Å². The minimum absolute atomic E-state index is 0.0396. The van der Waals surface area contributed by atoms with Crippen molar-refractivity contribution in [3.05, 3.63) is 18.0 Å². The number of rotatable bonds is 4. The van der Waals surface area contributed by atoms with E-state index in [1.165, 1.54) is 0 Å². The highest BCUT2D eigenvalue weighted by atomic mass is 16.5. The standard InChI is InChI=1S/C15H23N5O2/c1-5-12-16-17-13-6-7-14(18-20(12)13)19-8-11(9-21-4)22-15(2,3)10-19/h6-7,11H,5,8-10H2,1-4H3/t11-/m0/s1. The van der Waals surface area contributed by atoms with Crippen molar-refractivity contribution in [3.63, 3.8) is 0 Å². The topological polar surface area (TPSA) is 64.8 Å². The van der Waals surface area contributed by atoms with E-state index >= 15 is 0 Å². The number of fused-ring (bicyclic) bond motifs is 1. The first kappa shape index (κ1) is 15.2. The minimum atomic E-state index is -0.237. The van der Waals surface area contributed by atoms with Crippen LogP contribution in [0.3, 0.4) is 0 Å². The molecule has 0 N–H and O–H groups in total. The number of anilines is 1. The summed E-state index contributed by atoms with van der Waals surface area (Å²) in [5, 5.41) is 13.0. The van der Waals surface area contributed by atoms with E-state index < -0.39 is 0 Å². The summed E-state index contributed by atoms with van der Waals surface area (Å²) in [4.78, 5) is 2.24. The summed E-state index contributed by atoms with van der Waals surface area (Å²) in [6, 6.07) is 3.96. The summed E-state index contributed by atoms with van der Waals surface area (Å²) in [5.74, 6) is 1.79. The highest BCUT2D eigenvalue weighted by Crippen LogP contribution is 2.25. The average molecular weight is 305 g/mol. The van der Waals surface area contributed by atoms with E-state index in [1.807, 2.05) is 16.6 Å². The Kier molecular flexibility index (Phi) is 4.01. The molecule has 0 bridgehead atoms. The second-order valence-corrected chi connectivity index (χ2v) is 6.27. The molecule has 7 heteroatoms. The van der Waals surface area contributed by atoms with Crippen LogP contribution in [0.4, 0.5) is 5.82 Å². The molecule has 0 unspecified atom stereocenters. The molecule has 0 radical (unpaired) electrons. The van der Waals surface area contributed by atoms with E-state index in [2.05, 4.69) is 35.9 Å². The van der Waals surface area contributed by atoms with Gasteiger partial charge < -0.3 is 14.4 Å². The number of aromatic nitrogens is 4. The third-order valence-electron chi connectivity index (χ3n) is 3.79. The van der Waals surface area contributed by atoms with Crippen molar-refractivity contribution in [1.82, 2.24) is 19.8 Å². The lowest BCUT2D eigenvalue weighted by Gasteiger charge is -2.43. The summed E-state index contributed by atoms with van der Waals surface area (Å²) >= 11 is 0. The number of aryl methyl sites for hydroxylation is 1.